The molecule has 0 heterocycles. The topological polar surface area (TPSA) is 9.23 Å². The van der Waals surface area contributed by atoms with E-state index in [-0.39, 0.29) is 40.0 Å². The average molecular weight is 322 g/mol. The molecule has 0 bridgehead atoms. The standard InChI is InChI=1S/C13H10ClO.BrH.Mg/c14-12-7-4-8-13(9-12)15-10-11-5-2-1-3-6-11;;/h1-5,7-9H,10H2;1H;/q-1;;+2/p-1. The molecule has 0 fully saturated rings. The quantitative estimate of drug-likeness (QED) is 0.585. The molecule has 0 saturated heterocycles. The van der Waals surface area contributed by atoms with Crippen LogP contribution in [0.4, 0.5) is 0 Å². The summed E-state index contributed by atoms with van der Waals surface area (Å²) in [4.78, 5) is 0. The van der Waals surface area contributed by atoms with Crippen molar-refractivity contribution in [1.29, 1.82) is 0 Å². The molecule has 4 heteroatoms. The molecule has 0 spiro atoms. The fourth-order valence-electron chi connectivity index (χ4n) is 1.24. The van der Waals surface area contributed by atoms with Crippen LogP contribution in [0, 0.1) is 6.07 Å². The molecule has 2 rings (SSSR count). The van der Waals surface area contributed by atoms with Gasteiger partial charge < -0.3 is 21.7 Å². The first-order valence-electron chi connectivity index (χ1n) is 4.68. The summed E-state index contributed by atoms with van der Waals surface area (Å²) in [6.07, 6.45) is 0. The zero-order chi connectivity index (χ0) is 10.5. The van der Waals surface area contributed by atoms with Crippen molar-refractivity contribution in [2.75, 3.05) is 0 Å². The minimum absolute atomic E-state index is 0. The molecule has 0 aliphatic heterocycles. The number of benzene rings is 2. The molecule has 17 heavy (non-hydrogen) atoms. The van der Waals surface area contributed by atoms with Crippen LogP contribution >= 0.6 is 11.6 Å². The second-order valence-electron chi connectivity index (χ2n) is 3.13. The Hall–Kier alpha value is -0.224. The van der Waals surface area contributed by atoms with E-state index in [1.165, 1.54) is 0 Å². The van der Waals surface area contributed by atoms with Crippen molar-refractivity contribution in [3.8, 4) is 5.75 Å². The van der Waals surface area contributed by atoms with E-state index in [0.29, 0.717) is 11.6 Å². The fraction of sp³-hybridized carbons (Fsp3) is 0.0769. The van der Waals surface area contributed by atoms with Crippen LogP contribution in [0.5, 0.6) is 5.75 Å². The third kappa shape index (κ3) is 5.77. The molecule has 0 N–H and O–H groups in total. The van der Waals surface area contributed by atoms with E-state index < -0.39 is 0 Å². The zero-order valence-electron chi connectivity index (χ0n) is 9.20. The number of ether oxygens (including phenoxy) is 1. The molecule has 0 radical (unpaired) electrons. The van der Waals surface area contributed by atoms with Crippen LogP contribution in [-0.4, -0.2) is 23.1 Å². The van der Waals surface area contributed by atoms with Gasteiger partial charge in [-0.2, -0.15) is 30.3 Å². The molecule has 0 aliphatic rings. The average Bonchev–Trinajstić information content (AvgIpc) is 2.28. The maximum Gasteiger partial charge on any atom is 2.00 e. The van der Waals surface area contributed by atoms with Gasteiger partial charge in [0.1, 0.15) is 5.75 Å². The molecule has 2 aromatic carbocycles. The fourth-order valence-corrected chi connectivity index (χ4v) is 1.42. The minimum atomic E-state index is 0. The molecule has 0 amide bonds. The summed E-state index contributed by atoms with van der Waals surface area (Å²) in [5.74, 6) is 0.778. The van der Waals surface area contributed by atoms with Gasteiger partial charge in [0, 0.05) is 5.02 Å². The van der Waals surface area contributed by atoms with Crippen molar-refractivity contribution >= 4 is 34.7 Å². The van der Waals surface area contributed by atoms with Crippen LogP contribution < -0.4 is 21.7 Å². The molecule has 0 aliphatic carbocycles. The minimum Gasteiger partial charge on any atom is -1.00 e. The predicted molar refractivity (Wildman–Crippen MR) is 66.8 cm³/mol. The van der Waals surface area contributed by atoms with Crippen LogP contribution in [0.15, 0.2) is 48.5 Å². The monoisotopic (exact) mass is 320 g/mol. The summed E-state index contributed by atoms with van der Waals surface area (Å²) in [5.41, 5.74) is 1.03. The summed E-state index contributed by atoms with van der Waals surface area (Å²) in [6.45, 7) is 0.515. The van der Waals surface area contributed by atoms with Gasteiger partial charge in [-0.1, -0.05) is 17.7 Å². The van der Waals surface area contributed by atoms with E-state index in [1.807, 2.05) is 42.5 Å². The van der Waals surface area contributed by atoms with Gasteiger partial charge >= 0.3 is 23.1 Å². The van der Waals surface area contributed by atoms with Gasteiger partial charge in [0.15, 0.2) is 0 Å². The van der Waals surface area contributed by atoms with E-state index in [9.17, 15) is 0 Å². The van der Waals surface area contributed by atoms with Gasteiger partial charge in [-0.15, -0.1) is 5.56 Å². The van der Waals surface area contributed by atoms with E-state index in [1.54, 1.807) is 6.07 Å². The van der Waals surface area contributed by atoms with Gasteiger partial charge in [0.2, 0.25) is 0 Å². The maximum atomic E-state index is 5.84. The van der Waals surface area contributed by atoms with Gasteiger partial charge in [0.05, 0.1) is 6.61 Å². The van der Waals surface area contributed by atoms with Crippen LogP contribution in [0.3, 0.4) is 0 Å². The summed E-state index contributed by atoms with van der Waals surface area (Å²) in [7, 11) is 0. The second-order valence-corrected chi connectivity index (χ2v) is 3.57. The first-order chi connectivity index (χ1) is 7.34. The van der Waals surface area contributed by atoms with Crippen molar-refractivity contribution in [2.45, 2.75) is 6.61 Å². The third-order valence-electron chi connectivity index (χ3n) is 1.96. The Bertz CT molecular complexity index is 436. The molecule has 0 saturated carbocycles. The Balaban J connectivity index is 0.00000128. The van der Waals surface area contributed by atoms with E-state index in [0.717, 1.165) is 11.3 Å². The molecule has 0 atom stereocenters. The Kier molecular flexibility index (Phi) is 8.69. The van der Waals surface area contributed by atoms with Gasteiger partial charge in [-0.05, 0) is 18.2 Å². The van der Waals surface area contributed by atoms with Crippen LogP contribution in [-0.2, 0) is 6.61 Å². The van der Waals surface area contributed by atoms with E-state index >= 15 is 0 Å². The molecule has 84 valence electrons. The van der Waals surface area contributed by atoms with Crippen molar-refractivity contribution in [3.63, 3.8) is 0 Å². The first kappa shape index (κ1) is 16.8. The molecular weight excluding hydrogens is 312 g/mol. The molecule has 0 aromatic heterocycles. The summed E-state index contributed by atoms with van der Waals surface area (Å²) in [6, 6.07) is 18.2. The van der Waals surface area contributed by atoms with Crippen LogP contribution in [0.25, 0.3) is 0 Å². The Morgan fingerprint density at radius 3 is 2.59 bits per heavy atom. The smallest absolute Gasteiger partial charge is 1.00 e. The second kappa shape index (κ2) is 8.81. The Labute approximate surface area is 133 Å². The number of halogens is 2. The van der Waals surface area contributed by atoms with Crippen LogP contribution in [0.2, 0.25) is 5.02 Å². The molecule has 2 aromatic rings. The normalized spacial score (nSPS) is 8.76. The van der Waals surface area contributed by atoms with Crippen molar-refractivity contribution in [3.05, 3.63) is 65.2 Å². The predicted octanol–water partition coefficient (Wildman–Crippen LogP) is 0.342. The van der Waals surface area contributed by atoms with Gasteiger partial charge in [0.25, 0.3) is 0 Å². The van der Waals surface area contributed by atoms with Crippen LogP contribution in [0.1, 0.15) is 5.56 Å². The Morgan fingerprint density at radius 2 is 1.94 bits per heavy atom. The first-order valence-corrected chi connectivity index (χ1v) is 5.06. The number of hydrogen-bond donors (Lipinski definition) is 0. The SMILES string of the molecule is Clc1cccc(OCc2[c-]cccc2)c1.[Br-].[Mg+2]. The molecule has 0 unspecified atom stereocenters. The van der Waals surface area contributed by atoms with Gasteiger partial charge in [-0.3, -0.25) is 0 Å². The van der Waals surface area contributed by atoms with Crippen molar-refractivity contribution in [2.24, 2.45) is 0 Å². The van der Waals surface area contributed by atoms with E-state index in [4.69, 9.17) is 16.3 Å². The zero-order valence-corrected chi connectivity index (χ0v) is 13.0. The largest absolute Gasteiger partial charge is 2.00 e. The third-order valence-corrected chi connectivity index (χ3v) is 2.20. The van der Waals surface area contributed by atoms with Crippen molar-refractivity contribution in [1.82, 2.24) is 0 Å². The summed E-state index contributed by atoms with van der Waals surface area (Å²) < 4.78 is 5.56. The molecular formula is C13H10BrClMgO. The summed E-state index contributed by atoms with van der Waals surface area (Å²) >= 11 is 5.84. The number of rotatable bonds is 3. The maximum absolute atomic E-state index is 5.84. The van der Waals surface area contributed by atoms with Gasteiger partial charge in [-0.25, -0.2) is 0 Å². The molecule has 1 nitrogen and oxygen atoms in total. The summed E-state index contributed by atoms with van der Waals surface area (Å²) in [5, 5.41) is 0.685. The van der Waals surface area contributed by atoms with Crippen molar-refractivity contribution < 1.29 is 21.7 Å². The number of hydrogen-bond acceptors (Lipinski definition) is 1. The van der Waals surface area contributed by atoms with E-state index in [2.05, 4.69) is 6.07 Å². The Morgan fingerprint density at radius 1 is 1.12 bits per heavy atom.